The van der Waals surface area contributed by atoms with Gasteiger partial charge in [0.05, 0.1) is 12.5 Å². The molecule has 1 heterocycles. The van der Waals surface area contributed by atoms with Crippen molar-refractivity contribution < 1.29 is 9.53 Å². The van der Waals surface area contributed by atoms with E-state index in [0.717, 1.165) is 12.5 Å². The second-order valence-electron chi connectivity index (χ2n) is 4.68. The molecule has 0 spiro atoms. The van der Waals surface area contributed by atoms with Crippen molar-refractivity contribution >= 4 is 18.3 Å². The van der Waals surface area contributed by atoms with Crippen LogP contribution in [-0.2, 0) is 9.53 Å². The van der Waals surface area contributed by atoms with Crippen LogP contribution >= 0.6 is 12.4 Å². The Morgan fingerprint density at radius 2 is 2.31 bits per heavy atom. The van der Waals surface area contributed by atoms with E-state index in [1.54, 1.807) is 7.11 Å². The van der Waals surface area contributed by atoms with E-state index in [0.29, 0.717) is 19.0 Å². The maximum atomic E-state index is 12.0. The SMILES string of the molecule is COC(CN)CC(=O)N1CC2CCC1C2.Cl. The van der Waals surface area contributed by atoms with E-state index >= 15 is 0 Å². The molecule has 1 aliphatic heterocycles. The highest BCUT2D eigenvalue weighted by Crippen LogP contribution is 2.37. The Morgan fingerprint density at radius 3 is 2.75 bits per heavy atom. The van der Waals surface area contributed by atoms with Crippen LogP contribution in [0.2, 0.25) is 0 Å². The molecule has 16 heavy (non-hydrogen) atoms. The summed E-state index contributed by atoms with van der Waals surface area (Å²) in [6.07, 6.45) is 4.04. The van der Waals surface area contributed by atoms with Crippen LogP contribution in [0.4, 0.5) is 0 Å². The lowest BCUT2D eigenvalue weighted by molar-refractivity contribution is -0.135. The van der Waals surface area contributed by atoms with E-state index in [1.807, 2.05) is 4.90 Å². The highest BCUT2D eigenvalue weighted by Gasteiger charge is 2.40. The van der Waals surface area contributed by atoms with Crippen molar-refractivity contribution in [3.05, 3.63) is 0 Å². The molecule has 0 aromatic carbocycles. The Morgan fingerprint density at radius 1 is 1.56 bits per heavy atom. The van der Waals surface area contributed by atoms with Gasteiger partial charge in [0, 0.05) is 26.2 Å². The first-order valence-corrected chi connectivity index (χ1v) is 5.77. The second-order valence-corrected chi connectivity index (χ2v) is 4.68. The molecule has 2 aliphatic rings. The van der Waals surface area contributed by atoms with Crippen LogP contribution in [0.5, 0.6) is 0 Å². The Kier molecular flexibility index (Phi) is 5.02. The molecule has 3 unspecified atom stereocenters. The number of hydrogen-bond donors (Lipinski definition) is 1. The summed E-state index contributed by atoms with van der Waals surface area (Å²) in [6.45, 7) is 1.38. The van der Waals surface area contributed by atoms with Gasteiger partial charge in [-0.05, 0) is 25.2 Å². The van der Waals surface area contributed by atoms with E-state index in [4.69, 9.17) is 10.5 Å². The van der Waals surface area contributed by atoms with Gasteiger partial charge in [0.25, 0.3) is 0 Å². The van der Waals surface area contributed by atoms with Crippen molar-refractivity contribution in [1.29, 1.82) is 0 Å². The first-order chi connectivity index (χ1) is 7.24. The lowest BCUT2D eigenvalue weighted by atomic mass is 10.1. The Balaban J connectivity index is 0.00000128. The van der Waals surface area contributed by atoms with E-state index in [9.17, 15) is 4.79 Å². The number of nitrogens with two attached hydrogens (primary N) is 1. The lowest BCUT2D eigenvalue weighted by Crippen LogP contribution is -2.40. The second kappa shape index (κ2) is 5.84. The molecule has 2 bridgehead atoms. The quantitative estimate of drug-likeness (QED) is 0.800. The largest absolute Gasteiger partial charge is 0.380 e. The molecule has 0 aromatic rings. The number of methoxy groups -OCH3 is 1. The van der Waals surface area contributed by atoms with Gasteiger partial charge < -0.3 is 15.4 Å². The number of piperidine rings is 1. The standard InChI is InChI=1S/C11H20N2O2.ClH/c1-15-10(6-12)5-11(14)13-7-8-2-3-9(13)4-8;/h8-10H,2-7,12H2,1H3;1H. The summed E-state index contributed by atoms with van der Waals surface area (Å²) in [6, 6.07) is 0.512. The molecule has 5 heteroatoms. The summed E-state index contributed by atoms with van der Waals surface area (Å²) < 4.78 is 5.14. The van der Waals surface area contributed by atoms with Crippen molar-refractivity contribution in [2.24, 2.45) is 11.7 Å². The number of ether oxygens (including phenoxy) is 1. The van der Waals surface area contributed by atoms with Gasteiger partial charge in [0.15, 0.2) is 0 Å². The van der Waals surface area contributed by atoms with Crippen molar-refractivity contribution in [3.8, 4) is 0 Å². The van der Waals surface area contributed by atoms with Crippen LogP contribution in [0.15, 0.2) is 0 Å². The molecule has 2 N–H and O–H groups in total. The highest BCUT2D eigenvalue weighted by atomic mass is 35.5. The number of likely N-dealkylation sites (tertiary alicyclic amines) is 1. The smallest absolute Gasteiger partial charge is 0.225 e. The normalized spacial score (nSPS) is 29.0. The minimum absolute atomic E-state index is 0. The monoisotopic (exact) mass is 248 g/mol. The first kappa shape index (κ1) is 13.7. The van der Waals surface area contributed by atoms with E-state index < -0.39 is 0 Å². The third-order valence-corrected chi connectivity index (χ3v) is 3.73. The van der Waals surface area contributed by atoms with E-state index in [1.165, 1.54) is 19.3 Å². The summed E-state index contributed by atoms with van der Waals surface area (Å²) in [5, 5.41) is 0. The van der Waals surface area contributed by atoms with Crippen LogP contribution in [-0.4, -0.2) is 43.2 Å². The number of fused-ring (bicyclic) bond motifs is 2. The van der Waals surface area contributed by atoms with Crippen LogP contribution in [0.1, 0.15) is 25.7 Å². The fourth-order valence-electron chi connectivity index (χ4n) is 2.81. The summed E-state index contributed by atoms with van der Waals surface area (Å²) in [7, 11) is 1.61. The Bertz CT molecular complexity index is 246. The molecule has 0 aromatic heterocycles. The van der Waals surface area contributed by atoms with Gasteiger partial charge in [-0.2, -0.15) is 0 Å². The molecule has 4 nitrogen and oxygen atoms in total. The average Bonchev–Trinajstić information content (AvgIpc) is 2.87. The van der Waals surface area contributed by atoms with Gasteiger partial charge >= 0.3 is 0 Å². The minimum atomic E-state index is -0.114. The predicted octanol–water partition coefficient (Wildman–Crippen LogP) is 0.783. The maximum Gasteiger partial charge on any atom is 0.225 e. The van der Waals surface area contributed by atoms with Gasteiger partial charge in [-0.15, -0.1) is 12.4 Å². The number of carbonyl (C=O) groups excluding carboxylic acids is 1. The maximum absolute atomic E-state index is 12.0. The molecule has 1 saturated heterocycles. The Labute approximate surface area is 103 Å². The molecular formula is C11H21ClN2O2. The summed E-state index contributed by atoms with van der Waals surface area (Å²) in [5.74, 6) is 0.984. The highest BCUT2D eigenvalue weighted by molar-refractivity contribution is 5.85. The molecular weight excluding hydrogens is 228 g/mol. The van der Waals surface area contributed by atoms with Crippen LogP contribution in [0.25, 0.3) is 0 Å². The first-order valence-electron chi connectivity index (χ1n) is 5.77. The van der Waals surface area contributed by atoms with Crippen LogP contribution in [0, 0.1) is 5.92 Å². The van der Waals surface area contributed by atoms with Crippen molar-refractivity contribution in [2.75, 3.05) is 20.2 Å². The van der Waals surface area contributed by atoms with Gasteiger partial charge in [0.1, 0.15) is 0 Å². The third kappa shape index (κ3) is 2.67. The van der Waals surface area contributed by atoms with Gasteiger partial charge in [0.2, 0.25) is 5.91 Å². The van der Waals surface area contributed by atoms with Crippen molar-refractivity contribution in [1.82, 2.24) is 4.90 Å². The summed E-state index contributed by atoms with van der Waals surface area (Å²) >= 11 is 0. The number of halogens is 1. The van der Waals surface area contributed by atoms with E-state index in [-0.39, 0.29) is 24.4 Å². The predicted molar refractivity (Wildman–Crippen MR) is 64.6 cm³/mol. The molecule has 1 saturated carbocycles. The van der Waals surface area contributed by atoms with Crippen LogP contribution < -0.4 is 5.73 Å². The molecule has 2 rings (SSSR count). The molecule has 0 radical (unpaired) electrons. The number of carbonyl (C=O) groups is 1. The lowest BCUT2D eigenvalue weighted by Gasteiger charge is -2.28. The van der Waals surface area contributed by atoms with Gasteiger partial charge in [-0.3, -0.25) is 4.79 Å². The molecule has 1 amide bonds. The number of hydrogen-bond acceptors (Lipinski definition) is 3. The summed E-state index contributed by atoms with van der Waals surface area (Å²) in [4.78, 5) is 14.0. The van der Waals surface area contributed by atoms with Crippen LogP contribution in [0.3, 0.4) is 0 Å². The number of rotatable bonds is 4. The molecule has 2 fully saturated rings. The fraction of sp³-hybridized carbons (Fsp3) is 0.909. The zero-order valence-corrected chi connectivity index (χ0v) is 10.5. The average molecular weight is 249 g/mol. The zero-order valence-electron chi connectivity index (χ0n) is 9.72. The number of nitrogens with zero attached hydrogens (tertiary/aromatic N) is 1. The fourth-order valence-corrected chi connectivity index (χ4v) is 2.81. The van der Waals surface area contributed by atoms with Crippen molar-refractivity contribution in [2.45, 2.75) is 37.8 Å². The summed E-state index contributed by atoms with van der Waals surface area (Å²) in [5.41, 5.74) is 5.51. The minimum Gasteiger partial charge on any atom is -0.380 e. The Hall–Kier alpha value is -0.320. The van der Waals surface area contributed by atoms with Crippen molar-refractivity contribution in [3.63, 3.8) is 0 Å². The van der Waals surface area contributed by atoms with E-state index in [2.05, 4.69) is 0 Å². The molecule has 1 aliphatic carbocycles. The molecule has 3 atom stereocenters. The topological polar surface area (TPSA) is 55.6 Å². The van der Waals surface area contributed by atoms with Gasteiger partial charge in [-0.25, -0.2) is 0 Å². The van der Waals surface area contributed by atoms with Gasteiger partial charge in [-0.1, -0.05) is 0 Å². The third-order valence-electron chi connectivity index (χ3n) is 3.73. The number of amides is 1. The zero-order chi connectivity index (χ0) is 10.8. The molecule has 94 valence electrons.